The zero-order valence-electron chi connectivity index (χ0n) is 12.6. The number of hydrogen-bond acceptors (Lipinski definition) is 6. The number of nitrogens with zero attached hydrogens (tertiary/aromatic N) is 3. The van der Waals surface area contributed by atoms with Crippen LogP contribution in [0, 0.1) is 0 Å². The van der Waals surface area contributed by atoms with E-state index in [1.165, 1.54) is 11.3 Å². The van der Waals surface area contributed by atoms with Crippen molar-refractivity contribution < 1.29 is 9.53 Å². The third-order valence-corrected chi connectivity index (χ3v) is 5.70. The highest BCUT2D eigenvalue weighted by Gasteiger charge is 2.26. The molecule has 0 radical (unpaired) electrons. The van der Waals surface area contributed by atoms with Gasteiger partial charge in [0.1, 0.15) is 15.5 Å². The first-order valence-electron chi connectivity index (χ1n) is 7.41. The first kappa shape index (κ1) is 14.7. The number of hydrogen-bond donors (Lipinski definition) is 0. The number of amides is 1. The van der Waals surface area contributed by atoms with Crippen LogP contribution in [0.5, 0.6) is 0 Å². The Morgan fingerprint density at radius 1 is 1.43 bits per heavy atom. The average molecular weight is 345 g/mol. The van der Waals surface area contributed by atoms with Crippen molar-refractivity contribution >= 4 is 38.8 Å². The summed E-state index contributed by atoms with van der Waals surface area (Å²) in [6.07, 6.45) is 1.77. The van der Waals surface area contributed by atoms with Crippen molar-refractivity contribution in [1.29, 1.82) is 0 Å². The highest BCUT2D eigenvalue weighted by atomic mass is 32.1. The van der Waals surface area contributed by atoms with E-state index in [9.17, 15) is 4.79 Å². The molecule has 0 spiro atoms. The van der Waals surface area contributed by atoms with Crippen LogP contribution in [0.1, 0.15) is 16.6 Å². The number of aromatic nitrogens is 2. The van der Waals surface area contributed by atoms with Crippen molar-refractivity contribution in [3.8, 4) is 10.7 Å². The Hall–Kier alpha value is -1.83. The number of thiazole rings is 1. The molecule has 1 atom stereocenters. The van der Waals surface area contributed by atoms with Crippen LogP contribution in [-0.4, -0.2) is 46.6 Å². The molecular weight excluding hydrogens is 330 g/mol. The Morgan fingerprint density at radius 2 is 2.35 bits per heavy atom. The number of carbonyl (C=O) groups is 1. The van der Waals surface area contributed by atoms with E-state index in [-0.39, 0.29) is 11.9 Å². The number of fused-ring (bicyclic) bond motifs is 1. The van der Waals surface area contributed by atoms with Crippen molar-refractivity contribution in [3.63, 3.8) is 0 Å². The monoisotopic (exact) mass is 345 g/mol. The lowest BCUT2D eigenvalue weighted by Crippen LogP contribution is -2.46. The van der Waals surface area contributed by atoms with Gasteiger partial charge < -0.3 is 9.64 Å². The van der Waals surface area contributed by atoms with Gasteiger partial charge in [-0.1, -0.05) is 0 Å². The Morgan fingerprint density at radius 3 is 3.13 bits per heavy atom. The molecule has 1 amide bonds. The van der Waals surface area contributed by atoms with Crippen molar-refractivity contribution in [2.24, 2.45) is 0 Å². The molecule has 118 valence electrons. The third kappa shape index (κ3) is 2.75. The van der Waals surface area contributed by atoms with E-state index < -0.39 is 0 Å². The van der Waals surface area contributed by atoms with E-state index in [1.807, 2.05) is 35.4 Å². The second-order valence-corrected chi connectivity index (χ2v) is 7.39. The number of pyridine rings is 1. The number of thiophene rings is 1. The van der Waals surface area contributed by atoms with Crippen molar-refractivity contribution in [1.82, 2.24) is 14.9 Å². The zero-order valence-corrected chi connectivity index (χ0v) is 14.2. The number of rotatable bonds is 2. The first-order valence-corrected chi connectivity index (χ1v) is 9.11. The van der Waals surface area contributed by atoms with E-state index >= 15 is 0 Å². The lowest BCUT2D eigenvalue weighted by molar-refractivity contribution is 0.00387. The van der Waals surface area contributed by atoms with Gasteiger partial charge in [0.25, 0.3) is 5.91 Å². The molecule has 0 saturated carbocycles. The second kappa shape index (κ2) is 5.99. The van der Waals surface area contributed by atoms with Gasteiger partial charge in [0.2, 0.25) is 0 Å². The molecule has 23 heavy (non-hydrogen) atoms. The Bertz CT molecular complexity index is 844. The summed E-state index contributed by atoms with van der Waals surface area (Å²) in [5.74, 6) is 0.0691. The van der Waals surface area contributed by atoms with Gasteiger partial charge in [-0.05, 0) is 25.1 Å². The number of carbonyl (C=O) groups excluding carboxylic acids is 1. The van der Waals surface area contributed by atoms with Gasteiger partial charge in [-0.3, -0.25) is 4.79 Å². The van der Waals surface area contributed by atoms with Crippen LogP contribution in [0.25, 0.3) is 20.9 Å². The minimum absolute atomic E-state index is 0.0691. The largest absolute Gasteiger partial charge is 0.377 e. The predicted molar refractivity (Wildman–Crippen MR) is 92.0 cm³/mol. The summed E-state index contributed by atoms with van der Waals surface area (Å²) >= 11 is 3.01. The molecule has 7 heteroatoms. The topological polar surface area (TPSA) is 55.3 Å². The van der Waals surface area contributed by atoms with Gasteiger partial charge in [-0.15, -0.1) is 22.7 Å². The van der Waals surface area contributed by atoms with Crippen LogP contribution >= 0.6 is 22.7 Å². The minimum atomic E-state index is 0.0691. The van der Waals surface area contributed by atoms with Crippen LogP contribution in [-0.2, 0) is 4.74 Å². The van der Waals surface area contributed by atoms with Crippen LogP contribution in [0.15, 0.2) is 29.8 Å². The minimum Gasteiger partial charge on any atom is -0.377 e. The Kier molecular flexibility index (Phi) is 3.84. The molecule has 0 unspecified atom stereocenters. The lowest BCUT2D eigenvalue weighted by atomic mass is 10.2. The van der Waals surface area contributed by atoms with E-state index in [2.05, 4.69) is 9.97 Å². The molecule has 1 aliphatic rings. The average Bonchev–Trinajstić information content (AvgIpc) is 3.23. The number of ether oxygens (including phenoxy) is 1. The maximum absolute atomic E-state index is 12.7. The summed E-state index contributed by atoms with van der Waals surface area (Å²) < 4.78 is 5.41. The molecule has 1 saturated heterocycles. The molecule has 3 aromatic rings. The van der Waals surface area contributed by atoms with E-state index in [0.29, 0.717) is 19.8 Å². The predicted octanol–water partition coefficient (Wildman–Crippen LogP) is 3.28. The second-order valence-electron chi connectivity index (χ2n) is 5.46. The molecule has 3 aromatic heterocycles. The summed E-state index contributed by atoms with van der Waals surface area (Å²) in [7, 11) is 0. The zero-order chi connectivity index (χ0) is 15.8. The maximum atomic E-state index is 12.7. The quantitative estimate of drug-likeness (QED) is 0.715. The maximum Gasteiger partial charge on any atom is 0.264 e. The van der Waals surface area contributed by atoms with Crippen LogP contribution in [0.2, 0.25) is 0 Å². The molecule has 0 aromatic carbocycles. The lowest BCUT2D eigenvalue weighted by Gasteiger charge is -2.32. The fraction of sp³-hybridized carbons (Fsp3) is 0.312. The van der Waals surface area contributed by atoms with E-state index in [1.54, 1.807) is 17.5 Å². The summed E-state index contributed by atoms with van der Waals surface area (Å²) in [6.45, 7) is 3.87. The molecule has 1 aliphatic heterocycles. The molecule has 5 nitrogen and oxygen atoms in total. The van der Waals surface area contributed by atoms with Crippen LogP contribution in [0.4, 0.5) is 0 Å². The van der Waals surface area contributed by atoms with Gasteiger partial charge >= 0.3 is 0 Å². The summed E-state index contributed by atoms with van der Waals surface area (Å²) in [5.41, 5.74) is 0.855. The summed E-state index contributed by atoms with van der Waals surface area (Å²) in [6, 6.07) is 6.01. The normalized spacial score (nSPS) is 18.5. The molecule has 0 aliphatic carbocycles. The highest BCUT2D eigenvalue weighted by molar-refractivity contribution is 7.20. The SMILES string of the molecule is C[C@@H]1COCCN1C(=O)c1cc2ccc(-c3nccs3)nc2s1. The van der Waals surface area contributed by atoms with Gasteiger partial charge in [0, 0.05) is 23.5 Å². The fourth-order valence-corrected chi connectivity index (χ4v) is 4.26. The summed E-state index contributed by atoms with van der Waals surface area (Å²) in [4.78, 5) is 25.2. The van der Waals surface area contributed by atoms with Crippen LogP contribution < -0.4 is 0 Å². The van der Waals surface area contributed by atoms with Gasteiger partial charge in [0.05, 0.1) is 24.1 Å². The molecule has 4 rings (SSSR count). The fourth-order valence-electron chi connectivity index (χ4n) is 2.66. The molecule has 0 bridgehead atoms. The Labute approximate surface area is 141 Å². The van der Waals surface area contributed by atoms with E-state index in [0.717, 1.165) is 25.8 Å². The van der Waals surface area contributed by atoms with Gasteiger partial charge in [-0.25, -0.2) is 9.97 Å². The molecule has 4 heterocycles. The first-order chi connectivity index (χ1) is 11.2. The van der Waals surface area contributed by atoms with E-state index in [4.69, 9.17) is 4.74 Å². The molecule has 1 fully saturated rings. The van der Waals surface area contributed by atoms with Gasteiger partial charge in [-0.2, -0.15) is 0 Å². The third-order valence-electron chi connectivity index (χ3n) is 3.87. The Balaban J connectivity index is 1.67. The van der Waals surface area contributed by atoms with Crippen molar-refractivity contribution in [2.45, 2.75) is 13.0 Å². The molecule has 0 N–H and O–H groups in total. The van der Waals surface area contributed by atoms with Crippen LogP contribution in [0.3, 0.4) is 0 Å². The standard InChI is InChI=1S/C16H15N3O2S2/c1-10-9-21-6-5-19(10)16(20)13-8-11-2-3-12(18-14(11)23-13)15-17-4-7-22-15/h2-4,7-8,10H,5-6,9H2,1H3/t10-/m1/s1. The number of morpholine rings is 1. The summed E-state index contributed by atoms with van der Waals surface area (Å²) in [5, 5.41) is 3.83. The van der Waals surface area contributed by atoms with Crippen molar-refractivity contribution in [2.75, 3.05) is 19.8 Å². The van der Waals surface area contributed by atoms with Crippen molar-refractivity contribution in [3.05, 3.63) is 34.7 Å². The highest BCUT2D eigenvalue weighted by Crippen LogP contribution is 2.29. The smallest absolute Gasteiger partial charge is 0.264 e. The molecular formula is C16H15N3O2S2. The van der Waals surface area contributed by atoms with Gasteiger partial charge in [0.15, 0.2) is 0 Å².